The Balaban J connectivity index is 1.69. The van der Waals surface area contributed by atoms with E-state index in [1.165, 1.54) is 32.5 Å². The molecule has 0 radical (unpaired) electrons. The van der Waals surface area contributed by atoms with Gasteiger partial charge in [0.15, 0.2) is 5.76 Å². The molecular formula is C12H21N3O. The third-order valence-electron chi connectivity index (χ3n) is 3.26. The fourth-order valence-electron chi connectivity index (χ4n) is 2.24. The summed E-state index contributed by atoms with van der Waals surface area (Å²) in [6, 6.07) is 1.95. The van der Waals surface area contributed by atoms with Crippen LogP contribution in [0.2, 0.25) is 0 Å². The molecule has 16 heavy (non-hydrogen) atoms. The summed E-state index contributed by atoms with van der Waals surface area (Å²) in [5.74, 6) is 1.83. The summed E-state index contributed by atoms with van der Waals surface area (Å²) in [5, 5.41) is 7.16. The number of hydrogen-bond acceptors (Lipinski definition) is 4. The molecule has 2 rings (SSSR count). The largest absolute Gasteiger partial charge is 0.360 e. The Kier molecular flexibility index (Phi) is 4.36. The number of piperidine rings is 1. The minimum Gasteiger partial charge on any atom is -0.360 e. The van der Waals surface area contributed by atoms with Crippen molar-refractivity contribution in [2.75, 3.05) is 26.2 Å². The highest BCUT2D eigenvalue weighted by Gasteiger charge is 2.19. The summed E-state index contributed by atoms with van der Waals surface area (Å²) in [6.45, 7) is 7.69. The summed E-state index contributed by atoms with van der Waals surface area (Å²) in [4.78, 5) is 2.45. The zero-order valence-electron chi connectivity index (χ0n) is 9.98. The Morgan fingerprint density at radius 1 is 1.50 bits per heavy atom. The number of aromatic nitrogens is 1. The smallest absolute Gasteiger partial charge is 0.150 e. The van der Waals surface area contributed by atoms with Crippen LogP contribution in [-0.4, -0.2) is 36.2 Å². The van der Waals surface area contributed by atoms with E-state index in [0.29, 0.717) is 0 Å². The first-order valence-electron chi connectivity index (χ1n) is 6.21. The average molecular weight is 223 g/mol. The van der Waals surface area contributed by atoms with Crippen LogP contribution >= 0.6 is 0 Å². The van der Waals surface area contributed by atoms with Gasteiger partial charge in [0.1, 0.15) is 0 Å². The highest BCUT2D eigenvalue weighted by atomic mass is 16.5. The predicted octanol–water partition coefficient (Wildman–Crippen LogP) is 1.50. The highest BCUT2D eigenvalue weighted by Crippen LogP contribution is 2.18. The van der Waals surface area contributed by atoms with E-state index in [1.54, 1.807) is 6.20 Å². The summed E-state index contributed by atoms with van der Waals surface area (Å²) < 4.78 is 5.12. The Morgan fingerprint density at radius 3 is 2.94 bits per heavy atom. The molecule has 0 amide bonds. The van der Waals surface area contributed by atoms with Crippen molar-refractivity contribution in [3.63, 3.8) is 0 Å². The van der Waals surface area contributed by atoms with E-state index in [2.05, 4.69) is 22.3 Å². The topological polar surface area (TPSA) is 41.3 Å². The number of hydrogen-bond donors (Lipinski definition) is 1. The van der Waals surface area contributed by atoms with Crippen LogP contribution < -0.4 is 5.32 Å². The van der Waals surface area contributed by atoms with Crippen LogP contribution in [0.25, 0.3) is 0 Å². The van der Waals surface area contributed by atoms with E-state index < -0.39 is 0 Å². The first kappa shape index (κ1) is 11.6. The second-order valence-corrected chi connectivity index (χ2v) is 4.51. The minimum atomic E-state index is 0.853. The summed E-state index contributed by atoms with van der Waals surface area (Å²) >= 11 is 0. The fourth-order valence-corrected chi connectivity index (χ4v) is 2.24. The van der Waals surface area contributed by atoms with Gasteiger partial charge in [0.25, 0.3) is 0 Å². The Bertz CT molecular complexity index is 278. The predicted molar refractivity (Wildman–Crippen MR) is 63.0 cm³/mol. The van der Waals surface area contributed by atoms with Crippen molar-refractivity contribution in [3.8, 4) is 0 Å². The van der Waals surface area contributed by atoms with Crippen LogP contribution in [0.1, 0.15) is 25.5 Å². The van der Waals surface area contributed by atoms with E-state index in [0.717, 1.165) is 24.8 Å². The summed E-state index contributed by atoms with van der Waals surface area (Å²) in [7, 11) is 0. The first-order valence-corrected chi connectivity index (χ1v) is 6.21. The van der Waals surface area contributed by atoms with Gasteiger partial charge in [-0.05, 0) is 44.9 Å². The third kappa shape index (κ3) is 3.32. The molecule has 0 unspecified atom stereocenters. The Morgan fingerprint density at radius 2 is 2.31 bits per heavy atom. The fraction of sp³-hybridized carbons (Fsp3) is 0.750. The van der Waals surface area contributed by atoms with Gasteiger partial charge in [-0.2, -0.15) is 0 Å². The van der Waals surface area contributed by atoms with Gasteiger partial charge in [0.2, 0.25) is 0 Å². The molecule has 1 aliphatic heterocycles. The SMILES string of the molecule is CCNCC1CCN(Cc2ccno2)CC1. The van der Waals surface area contributed by atoms with Crippen molar-refractivity contribution in [2.45, 2.75) is 26.3 Å². The van der Waals surface area contributed by atoms with Crippen LogP contribution in [-0.2, 0) is 6.54 Å². The molecule has 0 bridgehead atoms. The monoisotopic (exact) mass is 223 g/mol. The molecule has 1 N–H and O–H groups in total. The van der Waals surface area contributed by atoms with Crippen molar-refractivity contribution in [1.82, 2.24) is 15.4 Å². The maximum Gasteiger partial charge on any atom is 0.150 e. The van der Waals surface area contributed by atoms with Crippen LogP contribution in [0.5, 0.6) is 0 Å². The first-order chi connectivity index (χ1) is 7.88. The van der Waals surface area contributed by atoms with E-state index in [4.69, 9.17) is 4.52 Å². The number of nitrogens with one attached hydrogen (secondary N) is 1. The lowest BCUT2D eigenvalue weighted by Crippen LogP contribution is -2.36. The molecule has 0 saturated carbocycles. The molecule has 4 nitrogen and oxygen atoms in total. The van der Waals surface area contributed by atoms with Gasteiger partial charge in [-0.15, -0.1) is 0 Å². The third-order valence-corrected chi connectivity index (χ3v) is 3.26. The molecule has 0 spiro atoms. The van der Waals surface area contributed by atoms with Crippen molar-refractivity contribution in [1.29, 1.82) is 0 Å². The van der Waals surface area contributed by atoms with Gasteiger partial charge in [0, 0.05) is 6.07 Å². The highest BCUT2D eigenvalue weighted by molar-refractivity contribution is 4.93. The minimum absolute atomic E-state index is 0.853. The lowest BCUT2D eigenvalue weighted by Gasteiger charge is -2.31. The standard InChI is InChI=1S/C12H21N3O/c1-2-13-9-11-4-7-15(8-5-11)10-12-3-6-14-16-12/h3,6,11,13H,2,4-5,7-10H2,1H3. The lowest BCUT2D eigenvalue weighted by atomic mass is 9.97. The molecule has 1 saturated heterocycles. The van der Waals surface area contributed by atoms with Crippen molar-refractivity contribution < 1.29 is 4.52 Å². The van der Waals surface area contributed by atoms with Crippen LogP contribution in [0.3, 0.4) is 0 Å². The lowest BCUT2D eigenvalue weighted by molar-refractivity contribution is 0.160. The van der Waals surface area contributed by atoms with Crippen LogP contribution in [0.4, 0.5) is 0 Å². The molecule has 1 aromatic heterocycles. The Labute approximate surface area is 97.0 Å². The summed E-state index contributed by atoms with van der Waals surface area (Å²) in [5.41, 5.74) is 0. The molecule has 0 aliphatic carbocycles. The molecule has 4 heteroatoms. The molecule has 1 aliphatic rings. The maximum atomic E-state index is 5.12. The van der Waals surface area contributed by atoms with E-state index in [9.17, 15) is 0 Å². The van der Waals surface area contributed by atoms with Crippen molar-refractivity contribution in [2.24, 2.45) is 5.92 Å². The van der Waals surface area contributed by atoms with Gasteiger partial charge >= 0.3 is 0 Å². The molecule has 1 fully saturated rings. The van der Waals surface area contributed by atoms with Gasteiger partial charge in [-0.1, -0.05) is 12.1 Å². The number of likely N-dealkylation sites (tertiary alicyclic amines) is 1. The second-order valence-electron chi connectivity index (χ2n) is 4.51. The Hall–Kier alpha value is -0.870. The maximum absolute atomic E-state index is 5.12. The van der Waals surface area contributed by atoms with E-state index in [1.807, 2.05) is 6.07 Å². The van der Waals surface area contributed by atoms with Gasteiger partial charge in [-0.3, -0.25) is 4.90 Å². The molecule has 0 atom stereocenters. The quantitative estimate of drug-likeness (QED) is 0.821. The summed E-state index contributed by atoms with van der Waals surface area (Å²) in [6.07, 6.45) is 4.30. The van der Waals surface area contributed by atoms with Crippen molar-refractivity contribution in [3.05, 3.63) is 18.0 Å². The van der Waals surface area contributed by atoms with E-state index in [-0.39, 0.29) is 0 Å². The second kappa shape index (κ2) is 6.01. The average Bonchev–Trinajstić information content (AvgIpc) is 2.81. The molecule has 1 aromatic rings. The molecule has 0 aromatic carbocycles. The van der Waals surface area contributed by atoms with E-state index >= 15 is 0 Å². The molecule has 90 valence electrons. The van der Waals surface area contributed by atoms with Gasteiger partial charge in [0.05, 0.1) is 12.7 Å². The zero-order valence-corrected chi connectivity index (χ0v) is 9.98. The molecule has 2 heterocycles. The molecular weight excluding hydrogens is 202 g/mol. The van der Waals surface area contributed by atoms with Gasteiger partial charge < -0.3 is 9.84 Å². The van der Waals surface area contributed by atoms with Crippen molar-refractivity contribution >= 4 is 0 Å². The van der Waals surface area contributed by atoms with Crippen LogP contribution in [0.15, 0.2) is 16.8 Å². The number of nitrogens with zero attached hydrogens (tertiary/aromatic N) is 2. The van der Waals surface area contributed by atoms with Gasteiger partial charge in [-0.25, -0.2) is 0 Å². The number of rotatable bonds is 5. The normalized spacial score (nSPS) is 19.1. The van der Waals surface area contributed by atoms with Crippen LogP contribution in [0, 0.1) is 5.92 Å². The zero-order chi connectivity index (χ0) is 11.2.